The normalized spacial score (nSPS) is 20.1. The van der Waals surface area contributed by atoms with Crippen LogP contribution in [0.1, 0.15) is 58.5 Å². The Morgan fingerprint density at radius 3 is 1.23 bits per heavy atom. The van der Waals surface area contributed by atoms with Gasteiger partial charge in [0.2, 0.25) is 0 Å². The largest absolute Gasteiger partial charge is 0.458 e. The zero-order valence-electron chi connectivity index (χ0n) is 28.9. The minimum atomic E-state index is -0.425. The van der Waals surface area contributed by atoms with Crippen molar-refractivity contribution in [2.75, 3.05) is 53.5 Å². The molecule has 0 aliphatic carbocycles. The van der Waals surface area contributed by atoms with Gasteiger partial charge in [-0.3, -0.25) is 9.34 Å². The number of hydrogen-bond acceptors (Lipinski definition) is 12. The molecule has 2 N–H and O–H groups in total. The first-order chi connectivity index (χ1) is 22.9. The lowest BCUT2D eigenvalue weighted by Gasteiger charge is -2.34. The lowest BCUT2D eigenvalue weighted by atomic mass is 9.95. The summed E-state index contributed by atoms with van der Waals surface area (Å²) in [4.78, 5) is 56.0. The summed E-state index contributed by atoms with van der Waals surface area (Å²) in [6, 6.07) is 15.6. The van der Waals surface area contributed by atoms with Crippen LogP contribution in [0.4, 0.5) is 0 Å². The Labute approximate surface area is 289 Å². The highest BCUT2D eigenvalue weighted by atomic mass is 31.0. The number of nitrogens with zero attached hydrogens (tertiary/aromatic N) is 2. The minimum Gasteiger partial charge on any atom is -0.458 e. The Kier molecular flexibility index (Phi) is 25.0. The van der Waals surface area contributed by atoms with Crippen LogP contribution in [0.25, 0.3) is 0 Å². The second-order valence-electron chi connectivity index (χ2n) is 11.5. The summed E-state index contributed by atoms with van der Waals surface area (Å²) in [5, 5.41) is 6.66. The minimum absolute atomic E-state index is 0.0321. The van der Waals surface area contributed by atoms with Crippen LogP contribution < -0.4 is 10.6 Å². The first kappa shape index (κ1) is 44.8. The molecule has 0 amide bonds. The predicted molar refractivity (Wildman–Crippen MR) is 189 cm³/mol. The lowest BCUT2D eigenvalue weighted by Crippen LogP contribution is -2.45. The van der Waals surface area contributed by atoms with Crippen molar-refractivity contribution in [1.29, 1.82) is 0 Å². The average Bonchev–Trinajstić information content (AvgIpc) is 3.07. The van der Waals surface area contributed by atoms with E-state index in [0.717, 1.165) is 23.0 Å². The monoisotopic (exact) mass is 706 g/mol. The number of esters is 2. The number of nitrogens with one attached hydrogen (secondary N) is 2. The van der Waals surface area contributed by atoms with Gasteiger partial charge in [-0.2, -0.15) is 19.2 Å². The van der Waals surface area contributed by atoms with E-state index in [-0.39, 0.29) is 25.5 Å². The van der Waals surface area contributed by atoms with Gasteiger partial charge in [0.1, 0.15) is 13.2 Å². The molecule has 0 radical (unpaired) electrons. The van der Waals surface area contributed by atoms with Gasteiger partial charge in [-0.05, 0) is 76.9 Å². The second kappa shape index (κ2) is 26.8. The highest BCUT2D eigenvalue weighted by Crippen LogP contribution is 2.19. The van der Waals surface area contributed by atoms with E-state index in [0.29, 0.717) is 23.2 Å². The predicted octanol–water partition coefficient (Wildman–Crippen LogP) is 3.56. The third kappa shape index (κ3) is 19.6. The average molecular weight is 707 g/mol. The molecule has 2 aliphatic heterocycles. The van der Waals surface area contributed by atoms with Gasteiger partial charge in [-0.1, -0.05) is 68.0 Å². The van der Waals surface area contributed by atoms with Crippen molar-refractivity contribution in [3.8, 4) is 0 Å². The van der Waals surface area contributed by atoms with Crippen LogP contribution in [0.5, 0.6) is 0 Å². The first-order valence-electron chi connectivity index (χ1n) is 15.7. The fourth-order valence-corrected chi connectivity index (χ4v) is 5.51. The Hall–Kier alpha value is -3.16. The van der Waals surface area contributed by atoms with E-state index in [1.54, 1.807) is 24.3 Å². The standard InChI is InChI=1S/C18H18O4.2C7H17N2P.2CO2/c1-13-3-7-15(8-4-13)17(19)21-11-12-22-18(20)16-9-5-14(2)6-10-16;2*1-6-3-4-9(10)5-7(6)8-2;2*2-1-3/h3-10H,11-12H2,1-2H3;2*6-8H,3-5,10H2,1-2H3;;/t;2*6-,7?;;/m.11../s1. The van der Waals surface area contributed by atoms with Crippen molar-refractivity contribution in [2.24, 2.45) is 11.8 Å². The van der Waals surface area contributed by atoms with Crippen LogP contribution in [0.15, 0.2) is 48.5 Å². The van der Waals surface area contributed by atoms with E-state index >= 15 is 0 Å². The number of benzene rings is 2. The quantitative estimate of drug-likeness (QED) is 0.246. The Bertz CT molecular complexity index is 1160. The highest BCUT2D eigenvalue weighted by Gasteiger charge is 2.23. The number of aryl methyl sites for hydroxylation is 2. The Morgan fingerprint density at radius 1 is 0.688 bits per heavy atom. The fourth-order valence-electron chi connectivity index (χ4n) is 4.76. The topological polar surface area (TPSA) is 151 Å². The van der Waals surface area contributed by atoms with Gasteiger partial charge in [-0.25, -0.2) is 9.59 Å². The van der Waals surface area contributed by atoms with Crippen LogP contribution in [-0.2, 0) is 28.7 Å². The van der Waals surface area contributed by atoms with E-state index in [2.05, 4.69) is 52.6 Å². The molecule has 6 atom stereocenters. The highest BCUT2D eigenvalue weighted by molar-refractivity contribution is 7.13. The van der Waals surface area contributed by atoms with E-state index in [1.165, 1.54) is 39.0 Å². The van der Waals surface area contributed by atoms with Gasteiger partial charge in [0.25, 0.3) is 0 Å². The first-order valence-corrected chi connectivity index (χ1v) is 16.7. The van der Waals surface area contributed by atoms with Crippen LogP contribution in [-0.4, -0.2) is 99.2 Å². The fraction of sp³-hybridized carbons (Fsp3) is 0.529. The molecule has 2 aromatic rings. The number of likely N-dealkylation sites (N-methyl/N-ethyl adjacent to an activating group) is 2. The van der Waals surface area contributed by atoms with Crippen molar-refractivity contribution in [3.63, 3.8) is 0 Å². The number of carbonyl (C=O) groups is 2. The van der Waals surface area contributed by atoms with E-state index in [4.69, 9.17) is 28.7 Å². The molecule has 0 aromatic heterocycles. The smallest absolute Gasteiger partial charge is 0.373 e. The Morgan fingerprint density at radius 2 is 0.979 bits per heavy atom. The molecule has 12 nitrogen and oxygen atoms in total. The summed E-state index contributed by atoms with van der Waals surface area (Å²) < 4.78 is 14.7. The molecule has 0 bridgehead atoms. The van der Waals surface area contributed by atoms with Crippen LogP contribution >= 0.6 is 18.8 Å². The zero-order valence-corrected chi connectivity index (χ0v) is 31.2. The van der Waals surface area contributed by atoms with Crippen LogP contribution in [0.2, 0.25) is 0 Å². The molecule has 266 valence electrons. The third-order valence-electron chi connectivity index (χ3n) is 7.85. The molecular weight excluding hydrogens is 654 g/mol. The number of carbonyl (C=O) groups excluding carboxylic acids is 6. The lowest BCUT2D eigenvalue weighted by molar-refractivity contribution is -0.193. The number of rotatable bonds is 7. The SMILES string of the molecule is CNC1CN(P)CC[C@H]1C.CNC1CN(P)CC[C@H]1C.Cc1ccc(C(=O)OCCOC(=O)c2ccc(C)cc2)cc1.O=C=O.O=C=O. The molecule has 48 heavy (non-hydrogen) atoms. The maximum Gasteiger partial charge on any atom is 0.373 e. The van der Waals surface area contributed by atoms with Gasteiger partial charge < -0.3 is 20.1 Å². The number of ether oxygens (including phenoxy) is 2. The molecule has 4 unspecified atom stereocenters. The maximum absolute atomic E-state index is 11.7. The summed E-state index contributed by atoms with van der Waals surface area (Å²) >= 11 is 0. The zero-order chi connectivity index (χ0) is 36.5. The van der Waals surface area contributed by atoms with Crippen molar-refractivity contribution in [3.05, 3.63) is 70.8 Å². The third-order valence-corrected chi connectivity index (χ3v) is 8.78. The summed E-state index contributed by atoms with van der Waals surface area (Å²) in [6.07, 6.45) is 3.13. The van der Waals surface area contributed by atoms with Gasteiger partial charge in [0.15, 0.2) is 0 Å². The van der Waals surface area contributed by atoms with Gasteiger partial charge in [0, 0.05) is 38.3 Å². The molecule has 0 spiro atoms. The molecule has 2 fully saturated rings. The second-order valence-corrected chi connectivity index (χ2v) is 12.9. The molecule has 2 aromatic carbocycles. The molecular formula is C34H52N4O8P2. The van der Waals surface area contributed by atoms with E-state index in [1.807, 2.05) is 52.2 Å². The molecule has 2 heterocycles. The summed E-state index contributed by atoms with van der Waals surface area (Å²) in [5.41, 5.74) is 3.11. The molecule has 2 saturated heterocycles. The van der Waals surface area contributed by atoms with Crippen molar-refractivity contribution < 1.29 is 38.2 Å². The van der Waals surface area contributed by atoms with E-state index in [9.17, 15) is 9.59 Å². The summed E-state index contributed by atoms with van der Waals surface area (Å²) in [5.74, 6) is 0.821. The van der Waals surface area contributed by atoms with Crippen molar-refractivity contribution in [2.45, 2.75) is 52.6 Å². The van der Waals surface area contributed by atoms with Gasteiger partial charge in [0.05, 0.1) is 11.1 Å². The van der Waals surface area contributed by atoms with Gasteiger partial charge in [-0.15, -0.1) is 0 Å². The van der Waals surface area contributed by atoms with Crippen LogP contribution in [0.3, 0.4) is 0 Å². The number of piperidine rings is 2. The molecule has 4 rings (SSSR count). The Balaban J connectivity index is 0.000000705. The summed E-state index contributed by atoms with van der Waals surface area (Å²) in [6.45, 7) is 13.4. The van der Waals surface area contributed by atoms with E-state index < -0.39 is 11.9 Å². The molecule has 14 heteroatoms. The summed E-state index contributed by atoms with van der Waals surface area (Å²) in [7, 11) is 9.63. The van der Waals surface area contributed by atoms with Crippen molar-refractivity contribution in [1.82, 2.24) is 20.0 Å². The van der Waals surface area contributed by atoms with Crippen LogP contribution in [0, 0.1) is 25.7 Å². The molecule has 2 aliphatic rings. The maximum atomic E-state index is 11.7. The van der Waals surface area contributed by atoms with Crippen molar-refractivity contribution >= 4 is 43.0 Å². The van der Waals surface area contributed by atoms with Gasteiger partial charge >= 0.3 is 24.2 Å². The number of hydrogen-bond donors (Lipinski definition) is 2. The molecule has 0 saturated carbocycles.